The van der Waals surface area contributed by atoms with Crippen LogP contribution in [0.25, 0.3) is 10.2 Å². The Morgan fingerprint density at radius 3 is 2.67 bits per heavy atom. The molecule has 0 aliphatic heterocycles. The van der Waals surface area contributed by atoms with Crippen molar-refractivity contribution in [2.45, 2.75) is 59.4 Å². The lowest BCUT2D eigenvalue weighted by Crippen LogP contribution is -2.40. The predicted molar refractivity (Wildman–Crippen MR) is 97.5 cm³/mol. The van der Waals surface area contributed by atoms with Crippen molar-refractivity contribution in [3.05, 3.63) is 22.0 Å². The van der Waals surface area contributed by atoms with E-state index in [1.807, 2.05) is 20.8 Å². The molecular formula is C19H25N3OS. The number of hydrogen-bond donors (Lipinski definition) is 1. The molecule has 24 heavy (non-hydrogen) atoms. The highest BCUT2D eigenvalue weighted by Crippen LogP contribution is 2.49. The van der Waals surface area contributed by atoms with Gasteiger partial charge in [-0.05, 0) is 70.3 Å². The van der Waals surface area contributed by atoms with E-state index in [-0.39, 0.29) is 11.9 Å². The summed E-state index contributed by atoms with van der Waals surface area (Å²) < 4.78 is 0. The molecule has 2 aliphatic carbocycles. The summed E-state index contributed by atoms with van der Waals surface area (Å²) in [6.45, 7) is 8.09. The normalized spacial score (nSPS) is 26.9. The van der Waals surface area contributed by atoms with Gasteiger partial charge in [-0.2, -0.15) is 0 Å². The van der Waals surface area contributed by atoms with Crippen LogP contribution in [-0.4, -0.2) is 21.9 Å². The molecule has 1 N–H and O–H groups in total. The fourth-order valence-corrected chi connectivity index (χ4v) is 6.16. The first kappa shape index (κ1) is 16.0. The van der Waals surface area contributed by atoms with Crippen LogP contribution in [0.3, 0.4) is 0 Å². The summed E-state index contributed by atoms with van der Waals surface area (Å²) in [5.74, 6) is 3.22. The largest absolute Gasteiger partial charge is 0.349 e. The summed E-state index contributed by atoms with van der Waals surface area (Å²) in [4.78, 5) is 23.5. The molecule has 0 aromatic carbocycles. The highest BCUT2D eigenvalue weighted by atomic mass is 32.1. The van der Waals surface area contributed by atoms with Gasteiger partial charge in [0.25, 0.3) is 5.91 Å². The zero-order chi connectivity index (χ0) is 17.0. The van der Waals surface area contributed by atoms with Crippen LogP contribution in [0.5, 0.6) is 0 Å². The molecule has 0 radical (unpaired) electrons. The summed E-state index contributed by atoms with van der Waals surface area (Å²) in [5.41, 5.74) is 1.98. The Hall–Kier alpha value is -1.49. The minimum absolute atomic E-state index is 0.0582. The Kier molecular flexibility index (Phi) is 3.87. The lowest BCUT2D eigenvalue weighted by molar-refractivity contribution is 0.0919. The standard InChI is InChI=1S/C19H25N3OS/c1-9-16-11(3)20-12(4)22-19(16)24-17(9)18(23)21-10(2)15-8-13-5-6-14(15)7-13/h10,13-15H,5-8H2,1-4H3,(H,21,23). The van der Waals surface area contributed by atoms with Crippen molar-refractivity contribution in [3.63, 3.8) is 0 Å². The predicted octanol–water partition coefficient (Wildman–Crippen LogP) is 4.17. The highest BCUT2D eigenvalue weighted by molar-refractivity contribution is 7.20. The van der Waals surface area contributed by atoms with Crippen LogP contribution in [0.15, 0.2) is 0 Å². The van der Waals surface area contributed by atoms with E-state index in [0.717, 1.165) is 44.0 Å². The van der Waals surface area contributed by atoms with Gasteiger partial charge in [-0.15, -0.1) is 11.3 Å². The molecule has 2 saturated carbocycles. The molecule has 2 heterocycles. The van der Waals surface area contributed by atoms with E-state index in [0.29, 0.717) is 5.92 Å². The number of nitrogens with one attached hydrogen (secondary N) is 1. The van der Waals surface area contributed by atoms with Crippen molar-refractivity contribution in [1.82, 2.24) is 15.3 Å². The SMILES string of the molecule is Cc1nc(C)c2c(C)c(C(=O)NC(C)C3CC4CCC3C4)sc2n1. The smallest absolute Gasteiger partial charge is 0.261 e. The number of aryl methyl sites for hydroxylation is 3. The zero-order valence-electron chi connectivity index (χ0n) is 14.8. The molecular weight excluding hydrogens is 318 g/mol. The van der Waals surface area contributed by atoms with Gasteiger partial charge >= 0.3 is 0 Å². The van der Waals surface area contributed by atoms with E-state index in [4.69, 9.17) is 0 Å². The van der Waals surface area contributed by atoms with Crippen LogP contribution in [0.1, 0.15) is 59.4 Å². The van der Waals surface area contributed by atoms with Gasteiger partial charge in [0.05, 0.1) is 4.88 Å². The maximum atomic E-state index is 12.9. The number of rotatable bonds is 3. The van der Waals surface area contributed by atoms with Crippen LogP contribution in [0.4, 0.5) is 0 Å². The topological polar surface area (TPSA) is 54.9 Å². The maximum absolute atomic E-state index is 12.9. The van der Waals surface area contributed by atoms with Gasteiger partial charge in [0.15, 0.2) is 0 Å². The molecule has 4 rings (SSSR count). The second kappa shape index (κ2) is 5.80. The first-order chi connectivity index (χ1) is 11.4. The van der Waals surface area contributed by atoms with Gasteiger partial charge in [0.2, 0.25) is 0 Å². The monoisotopic (exact) mass is 343 g/mol. The zero-order valence-corrected chi connectivity index (χ0v) is 15.7. The number of aromatic nitrogens is 2. The van der Waals surface area contributed by atoms with Gasteiger partial charge in [0, 0.05) is 17.1 Å². The maximum Gasteiger partial charge on any atom is 0.261 e. The van der Waals surface area contributed by atoms with E-state index >= 15 is 0 Å². The second-order valence-corrected chi connectivity index (χ2v) is 8.69. The van der Waals surface area contributed by atoms with Crippen molar-refractivity contribution in [1.29, 1.82) is 0 Å². The Bertz CT molecular complexity index is 813. The molecule has 128 valence electrons. The fraction of sp³-hybridized carbons (Fsp3) is 0.632. The number of amides is 1. The van der Waals surface area contributed by atoms with E-state index in [1.54, 1.807) is 0 Å². The van der Waals surface area contributed by atoms with Crippen LogP contribution in [0.2, 0.25) is 0 Å². The molecule has 5 heteroatoms. The van der Waals surface area contributed by atoms with Gasteiger partial charge in [-0.1, -0.05) is 6.42 Å². The third-order valence-electron chi connectivity index (χ3n) is 6.08. The van der Waals surface area contributed by atoms with E-state index in [2.05, 4.69) is 22.2 Å². The number of hydrogen-bond acceptors (Lipinski definition) is 4. The number of nitrogens with zero attached hydrogens (tertiary/aromatic N) is 2. The van der Waals surface area contributed by atoms with Crippen molar-refractivity contribution < 1.29 is 4.79 Å². The third-order valence-corrected chi connectivity index (χ3v) is 7.27. The average Bonchev–Trinajstić information content (AvgIpc) is 3.21. The highest BCUT2D eigenvalue weighted by Gasteiger charge is 2.42. The van der Waals surface area contributed by atoms with Crippen LogP contribution in [0, 0.1) is 38.5 Å². The summed E-state index contributed by atoms with van der Waals surface area (Å²) in [5, 5.41) is 4.33. The Morgan fingerprint density at radius 2 is 2.00 bits per heavy atom. The first-order valence-corrected chi connectivity index (χ1v) is 9.81. The fourth-order valence-electron chi connectivity index (χ4n) is 4.98. The van der Waals surface area contributed by atoms with Crippen LogP contribution in [-0.2, 0) is 0 Å². The average molecular weight is 343 g/mol. The molecule has 0 saturated heterocycles. The second-order valence-electron chi connectivity index (χ2n) is 7.69. The minimum atomic E-state index is 0.0582. The minimum Gasteiger partial charge on any atom is -0.349 e. The lowest BCUT2D eigenvalue weighted by atomic mass is 9.84. The first-order valence-electron chi connectivity index (χ1n) is 8.99. The molecule has 1 amide bonds. The van der Waals surface area contributed by atoms with Crippen molar-refractivity contribution in [2.24, 2.45) is 17.8 Å². The van der Waals surface area contributed by atoms with Crippen LogP contribution < -0.4 is 5.32 Å². The molecule has 2 aliphatic rings. The lowest BCUT2D eigenvalue weighted by Gasteiger charge is -2.28. The van der Waals surface area contributed by atoms with Crippen molar-refractivity contribution >= 4 is 27.5 Å². The Balaban J connectivity index is 1.57. The molecule has 4 atom stereocenters. The summed E-state index contributed by atoms with van der Waals surface area (Å²) in [6, 6.07) is 0.256. The van der Waals surface area contributed by atoms with Gasteiger partial charge < -0.3 is 5.32 Å². The summed E-state index contributed by atoms with van der Waals surface area (Å²) >= 11 is 1.50. The molecule has 2 aromatic heterocycles. The summed E-state index contributed by atoms with van der Waals surface area (Å²) in [6.07, 6.45) is 5.42. The molecule has 2 aromatic rings. The van der Waals surface area contributed by atoms with E-state index in [1.165, 1.54) is 37.0 Å². The Morgan fingerprint density at radius 1 is 1.21 bits per heavy atom. The molecule has 2 bridgehead atoms. The molecule has 4 nitrogen and oxygen atoms in total. The van der Waals surface area contributed by atoms with Gasteiger partial charge in [-0.25, -0.2) is 9.97 Å². The Labute approximate surface area is 147 Å². The van der Waals surface area contributed by atoms with Gasteiger partial charge in [-0.3, -0.25) is 4.79 Å². The molecule has 0 spiro atoms. The molecule has 2 fully saturated rings. The number of carbonyl (C=O) groups excluding carboxylic acids is 1. The van der Waals surface area contributed by atoms with E-state index in [9.17, 15) is 4.79 Å². The van der Waals surface area contributed by atoms with E-state index < -0.39 is 0 Å². The number of carbonyl (C=O) groups is 1. The number of thiophene rings is 1. The third kappa shape index (κ3) is 2.53. The number of fused-ring (bicyclic) bond motifs is 3. The summed E-state index contributed by atoms with van der Waals surface area (Å²) in [7, 11) is 0. The van der Waals surface area contributed by atoms with Gasteiger partial charge in [0.1, 0.15) is 10.7 Å². The van der Waals surface area contributed by atoms with Crippen LogP contribution >= 0.6 is 11.3 Å². The molecule has 4 unspecified atom stereocenters. The quantitative estimate of drug-likeness (QED) is 0.910. The van der Waals surface area contributed by atoms with Crippen molar-refractivity contribution in [3.8, 4) is 0 Å². The van der Waals surface area contributed by atoms with Crippen molar-refractivity contribution in [2.75, 3.05) is 0 Å².